The molecular formula is C20H17N5O2. The Balaban J connectivity index is 1.60. The fourth-order valence-electron chi connectivity index (χ4n) is 3.48. The van der Waals surface area contributed by atoms with Gasteiger partial charge in [-0.1, -0.05) is 6.07 Å². The highest BCUT2D eigenvalue weighted by atomic mass is 16.5. The van der Waals surface area contributed by atoms with Gasteiger partial charge >= 0.3 is 0 Å². The molecule has 3 heterocycles. The number of carbonyl (C=O) groups is 1. The highest BCUT2D eigenvalue weighted by Crippen LogP contribution is 2.33. The van der Waals surface area contributed by atoms with E-state index in [0.29, 0.717) is 12.2 Å². The van der Waals surface area contributed by atoms with Crippen LogP contribution in [-0.2, 0) is 11.2 Å². The Labute approximate surface area is 154 Å². The number of aryl methyl sites for hydroxylation is 1. The average molecular weight is 359 g/mol. The van der Waals surface area contributed by atoms with Crippen molar-refractivity contribution >= 4 is 44.9 Å². The predicted octanol–water partition coefficient (Wildman–Crippen LogP) is 3.75. The number of hydrogen-bond donors (Lipinski definition) is 3. The van der Waals surface area contributed by atoms with E-state index in [2.05, 4.69) is 20.8 Å². The summed E-state index contributed by atoms with van der Waals surface area (Å²) < 4.78 is 5.33. The van der Waals surface area contributed by atoms with E-state index in [1.165, 1.54) is 0 Å². The number of aromatic amines is 1. The molecule has 7 nitrogen and oxygen atoms in total. The van der Waals surface area contributed by atoms with Gasteiger partial charge < -0.3 is 15.4 Å². The molecule has 2 aromatic heterocycles. The molecule has 27 heavy (non-hydrogen) atoms. The zero-order chi connectivity index (χ0) is 18.4. The molecule has 134 valence electrons. The van der Waals surface area contributed by atoms with E-state index in [1.807, 2.05) is 36.4 Å². The standard InChI is InChI=1S/C20H17N5O2/c1-27-13-5-6-16-14(9-13)15-10-21-25-19(15)20(24-16)22-12-4-2-11-3-7-18(26)23-17(11)8-12/h2,4-6,8-10H,3,7H2,1H3,(H,21,25)(H,22,24)(H,23,26). The van der Waals surface area contributed by atoms with Crippen molar-refractivity contribution in [2.45, 2.75) is 12.8 Å². The van der Waals surface area contributed by atoms with E-state index in [9.17, 15) is 4.79 Å². The lowest BCUT2D eigenvalue weighted by Crippen LogP contribution is -2.18. The third kappa shape index (κ3) is 2.64. The summed E-state index contributed by atoms with van der Waals surface area (Å²) in [6.45, 7) is 0. The van der Waals surface area contributed by atoms with Gasteiger partial charge in [-0.3, -0.25) is 9.89 Å². The van der Waals surface area contributed by atoms with Crippen LogP contribution in [0.3, 0.4) is 0 Å². The molecule has 0 saturated heterocycles. The van der Waals surface area contributed by atoms with Crippen LogP contribution in [0, 0.1) is 0 Å². The largest absolute Gasteiger partial charge is 0.497 e. The second-order valence-electron chi connectivity index (χ2n) is 6.55. The van der Waals surface area contributed by atoms with Crippen LogP contribution in [-0.4, -0.2) is 28.2 Å². The summed E-state index contributed by atoms with van der Waals surface area (Å²) >= 11 is 0. The van der Waals surface area contributed by atoms with Crippen LogP contribution in [0.25, 0.3) is 21.8 Å². The highest BCUT2D eigenvalue weighted by Gasteiger charge is 2.16. The van der Waals surface area contributed by atoms with Crippen molar-refractivity contribution in [1.29, 1.82) is 0 Å². The lowest BCUT2D eigenvalue weighted by atomic mass is 10.0. The minimum absolute atomic E-state index is 0.0494. The maximum Gasteiger partial charge on any atom is 0.224 e. The molecule has 1 aliphatic rings. The Hall–Kier alpha value is -3.61. The molecule has 0 aliphatic carbocycles. The van der Waals surface area contributed by atoms with E-state index in [4.69, 9.17) is 9.72 Å². The van der Waals surface area contributed by atoms with Crippen molar-refractivity contribution in [2.24, 2.45) is 0 Å². The van der Waals surface area contributed by atoms with Crippen LogP contribution < -0.4 is 15.4 Å². The number of benzene rings is 2. The van der Waals surface area contributed by atoms with Crippen molar-refractivity contribution in [3.05, 3.63) is 48.2 Å². The van der Waals surface area contributed by atoms with E-state index in [1.54, 1.807) is 13.3 Å². The Morgan fingerprint density at radius 3 is 2.93 bits per heavy atom. The van der Waals surface area contributed by atoms with Gasteiger partial charge in [-0.2, -0.15) is 5.10 Å². The van der Waals surface area contributed by atoms with Crippen molar-refractivity contribution in [3.8, 4) is 5.75 Å². The summed E-state index contributed by atoms with van der Waals surface area (Å²) in [5.74, 6) is 1.51. The Bertz CT molecular complexity index is 1200. The van der Waals surface area contributed by atoms with E-state index >= 15 is 0 Å². The summed E-state index contributed by atoms with van der Waals surface area (Å²) in [6.07, 6.45) is 3.09. The number of methoxy groups -OCH3 is 1. The second-order valence-corrected chi connectivity index (χ2v) is 6.55. The lowest BCUT2D eigenvalue weighted by Gasteiger charge is -2.18. The van der Waals surface area contributed by atoms with Gasteiger partial charge in [0.25, 0.3) is 0 Å². The quantitative estimate of drug-likeness (QED) is 0.518. The third-order valence-corrected chi connectivity index (χ3v) is 4.87. The number of carbonyl (C=O) groups excluding carboxylic acids is 1. The van der Waals surface area contributed by atoms with E-state index in [-0.39, 0.29) is 5.91 Å². The van der Waals surface area contributed by atoms with Gasteiger partial charge in [0.1, 0.15) is 11.3 Å². The first kappa shape index (κ1) is 15.6. The number of fused-ring (bicyclic) bond motifs is 4. The predicted molar refractivity (Wildman–Crippen MR) is 105 cm³/mol. The number of nitrogens with one attached hydrogen (secondary N) is 3. The molecule has 0 spiro atoms. The molecule has 0 atom stereocenters. The third-order valence-electron chi connectivity index (χ3n) is 4.87. The maximum absolute atomic E-state index is 11.7. The summed E-state index contributed by atoms with van der Waals surface area (Å²) in [6, 6.07) is 11.7. The number of nitrogens with zero attached hydrogens (tertiary/aromatic N) is 2. The van der Waals surface area contributed by atoms with Gasteiger partial charge in [0.2, 0.25) is 5.91 Å². The highest BCUT2D eigenvalue weighted by molar-refractivity contribution is 6.09. The molecule has 3 N–H and O–H groups in total. The zero-order valence-corrected chi connectivity index (χ0v) is 14.7. The molecule has 2 aromatic carbocycles. The van der Waals surface area contributed by atoms with Gasteiger partial charge in [-0.05, 0) is 42.3 Å². The summed E-state index contributed by atoms with van der Waals surface area (Å²) in [5.41, 5.74) is 4.51. The smallest absolute Gasteiger partial charge is 0.224 e. The average Bonchev–Trinajstić information content (AvgIpc) is 3.18. The zero-order valence-electron chi connectivity index (χ0n) is 14.7. The number of H-pyrrole nitrogens is 1. The first-order chi connectivity index (χ1) is 13.2. The van der Waals surface area contributed by atoms with Crippen molar-refractivity contribution in [3.63, 3.8) is 0 Å². The van der Waals surface area contributed by atoms with Gasteiger partial charge in [-0.25, -0.2) is 4.98 Å². The van der Waals surface area contributed by atoms with Crippen LogP contribution in [0.15, 0.2) is 42.6 Å². The van der Waals surface area contributed by atoms with Gasteiger partial charge in [0, 0.05) is 28.6 Å². The van der Waals surface area contributed by atoms with Crippen molar-refractivity contribution < 1.29 is 9.53 Å². The number of ether oxygens (including phenoxy) is 1. The molecule has 1 aliphatic heterocycles. The van der Waals surface area contributed by atoms with Gasteiger partial charge in [0.05, 0.1) is 18.8 Å². The van der Waals surface area contributed by atoms with E-state index in [0.717, 1.165) is 50.9 Å². The number of aromatic nitrogens is 3. The van der Waals surface area contributed by atoms with Crippen molar-refractivity contribution in [2.75, 3.05) is 17.7 Å². The molecule has 5 rings (SSSR count). The van der Waals surface area contributed by atoms with Crippen molar-refractivity contribution in [1.82, 2.24) is 15.2 Å². The fraction of sp³-hybridized carbons (Fsp3) is 0.150. The van der Waals surface area contributed by atoms with Crippen LogP contribution in [0.5, 0.6) is 5.75 Å². The first-order valence-corrected chi connectivity index (χ1v) is 8.72. The second kappa shape index (κ2) is 5.98. The number of rotatable bonds is 3. The topological polar surface area (TPSA) is 91.9 Å². The summed E-state index contributed by atoms with van der Waals surface area (Å²) in [5, 5.41) is 15.4. The maximum atomic E-state index is 11.7. The molecule has 0 saturated carbocycles. The molecule has 1 amide bonds. The van der Waals surface area contributed by atoms with Crippen LogP contribution in [0.4, 0.5) is 17.2 Å². The molecule has 0 bridgehead atoms. The Morgan fingerprint density at radius 1 is 1.11 bits per heavy atom. The molecule has 0 fully saturated rings. The Morgan fingerprint density at radius 2 is 2.04 bits per heavy atom. The first-order valence-electron chi connectivity index (χ1n) is 8.72. The molecule has 4 aromatic rings. The molecule has 0 unspecified atom stereocenters. The minimum Gasteiger partial charge on any atom is -0.497 e. The number of anilines is 3. The van der Waals surface area contributed by atoms with Crippen LogP contribution >= 0.6 is 0 Å². The summed E-state index contributed by atoms with van der Waals surface area (Å²) in [7, 11) is 1.64. The van der Waals surface area contributed by atoms with Gasteiger partial charge in [-0.15, -0.1) is 0 Å². The molecule has 0 radical (unpaired) electrons. The monoisotopic (exact) mass is 359 g/mol. The summed E-state index contributed by atoms with van der Waals surface area (Å²) in [4.78, 5) is 16.4. The molecule has 7 heteroatoms. The Kier molecular flexibility index (Phi) is 3.46. The van der Waals surface area contributed by atoms with Gasteiger partial charge in [0.15, 0.2) is 5.82 Å². The number of hydrogen-bond acceptors (Lipinski definition) is 5. The SMILES string of the molecule is COc1ccc2nc(Nc3ccc4c(c3)NC(=O)CC4)c3[nH]ncc3c2c1. The number of pyridine rings is 1. The number of amides is 1. The minimum atomic E-state index is 0.0494. The van der Waals surface area contributed by atoms with Crippen LogP contribution in [0.1, 0.15) is 12.0 Å². The lowest BCUT2D eigenvalue weighted by molar-refractivity contribution is -0.116. The molecular weight excluding hydrogens is 342 g/mol. The normalized spacial score (nSPS) is 13.4. The van der Waals surface area contributed by atoms with E-state index < -0.39 is 0 Å². The van der Waals surface area contributed by atoms with Crippen LogP contribution in [0.2, 0.25) is 0 Å². The fourth-order valence-corrected chi connectivity index (χ4v) is 3.48.